The van der Waals surface area contributed by atoms with Crippen LogP contribution in [0.1, 0.15) is 60.8 Å². The zero-order valence-corrected chi connectivity index (χ0v) is 36.1. The summed E-state index contributed by atoms with van der Waals surface area (Å²) < 4.78 is 11.3. The molecule has 16 nitrogen and oxygen atoms in total. The van der Waals surface area contributed by atoms with Crippen molar-refractivity contribution in [2.24, 2.45) is 0 Å². The lowest BCUT2D eigenvalue weighted by molar-refractivity contribution is 0.0281. The number of likely N-dealkylation sites (tertiary alicyclic amines) is 2. The average molecular weight is 852 g/mol. The summed E-state index contributed by atoms with van der Waals surface area (Å²) in [6.45, 7) is 16.3. The van der Waals surface area contributed by atoms with E-state index in [1.54, 1.807) is 59.1 Å². The topological polar surface area (TPSA) is 167 Å². The van der Waals surface area contributed by atoms with Crippen molar-refractivity contribution in [1.82, 2.24) is 50.3 Å². The summed E-state index contributed by atoms with van der Waals surface area (Å²) >= 11 is 3.09. The molecule has 3 saturated heterocycles. The lowest BCUT2D eigenvalue weighted by atomic mass is 10.2. The summed E-state index contributed by atoms with van der Waals surface area (Å²) in [5.41, 5.74) is -0.849. The molecule has 6 rings (SSSR count). The Balaban J connectivity index is 0.000000265. The van der Waals surface area contributed by atoms with Crippen LogP contribution in [0.3, 0.4) is 0 Å². The van der Waals surface area contributed by atoms with Gasteiger partial charge in [0, 0.05) is 96.1 Å². The van der Waals surface area contributed by atoms with E-state index in [1.165, 1.54) is 6.42 Å². The molecule has 0 bridgehead atoms. The fourth-order valence-electron chi connectivity index (χ4n) is 5.56. The molecule has 18 heteroatoms. The first kappa shape index (κ1) is 47.2. The Morgan fingerprint density at radius 2 is 1.16 bits per heavy atom. The third-order valence-corrected chi connectivity index (χ3v) is 8.87. The van der Waals surface area contributed by atoms with Gasteiger partial charge in [0.25, 0.3) is 0 Å². The Hall–Kier alpha value is -3.93. The lowest BCUT2D eigenvalue weighted by Gasteiger charge is -2.26. The van der Waals surface area contributed by atoms with Gasteiger partial charge in [-0.3, -0.25) is 0 Å². The number of hydrogen-bond acceptors (Lipinski definition) is 14. The molecule has 0 radical (unpaired) electrons. The van der Waals surface area contributed by atoms with E-state index in [2.05, 4.69) is 61.4 Å². The Labute approximate surface area is 341 Å². The highest BCUT2D eigenvalue weighted by Gasteiger charge is 2.32. The molecule has 3 atom stereocenters. The molecule has 55 heavy (non-hydrogen) atoms. The van der Waals surface area contributed by atoms with E-state index in [1.807, 2.05) is 73.7 Å². The summed E-state index contributed by atoms with van der Waals surface area (Å²) in [7, 11) is 5.93. The first-order valence-electron chi connectivity index (χ1n) is 18.3. The van der Waals surface area contributed by atoms with Crippen molar-refractivity contribution < 1.29 is 19.1 Å². The summed E-state index contributed by atoms with van der Waals surface area (Å²) in [4.78, 5) is 55.7. The van der Waals surface area contributed by atoms with Crippen molar-refractivity contribution >= 4 is 52.4 Å². The highest BCUT2D eigenvalue weighted by molar-refractivity contribution is 9.10. The molecule has 3 aliphatic rings. The molecule has 3 aromatic rings. The quantitative estimate of drug-likeness (QED) is 0.327. The predicted octanol–water partition coefficient (Wildman–Crippen LogP) is 5.07. The van der Waals surface area contributed by atoms with Crippen molar-refractivity contribution in [1.29, 1.82) is 0 Å². The Bertz CT molecular complexity index is 1520. The Morgan fingerprint density at radius 3 is 1.55 bits per heavy atom. The van der Waals surface area contributed by atoms with Crippen molar-refractivity contribution in [2.45, 2.75) is 90.1 Å². The van der Waals surface area contributed by atoms with Crippen molar-refractivity contribution in [3.8, 4) is 0 Å². The van der Waals surface area contributed by atoms with Crippen molar-refractivity contribution in [3.05, 3.63) is 60.1 Å². The number of hydrogen-bond donors (Lipinski definition) is 2. The smallest absolute Gasteiger partial charge is 0.410 e. The highest BCUT2D eigenvalue weighted by atomic mass is 79.9. The predicted molar refractivity (Wildman–Crippen MR) is 221 cm³/mol. The van der Waals surface area contributed by atoms with Gasteiger partial charge in [-0.2, -0.15) is 0 Å². The fourth-order valence-corrected chi connectivity index (χ4v) is 5.80. The van der Waals surface area contributed by atoms with Gasteiger partial charge >= 0.3 is 12.2 Å². The van der Waals surface area contributed by atoms with Gasteiger partial charge in [0.05, 0.1) is 6.04 Å². The van der Waals surface area contributed by atoms with Crippen LogP contribution >= 0.6 is 28.3 Å². The number of amides is 2. The van der Waals surface area contributed by atoms with Crippen molar-refractivity contribution in [2.75, 3.05) is 70.2 Å². The molecule has 3 fully saturated rings. The molecule has 3 aromatic heterocycles. The van der Waals surface area contributed by atoms with Crippen LogP contribution in [-0.4, -0.2) is 142 Å². The summed E-state index contributed by atoms with van der Waals surface area (Å²) in [6.07, 6.45) is 13.0. The van der Waals surface area contributed by atoms with E-state index < -0.39 is 11.2 Å². The number of carbonyl (C=O) groups excluding carboxylic acids is 2. The van der Waals surface area contributed by atoms with E-state index in [-0.39, 0.29) is 30.6 Å². The van der Waals surface area contributed by atoms with Crippen molar-refractivity contribution in [3.63, 3.8) is 0 Å². The van der Waals surface area contributed by atoms with Crippen LogP contribution in [0.2, 0.25) is 0 Å². The zero-order chi connectivity index (χ0) is 39.7. The summed E-state index contributed by atoms with van der Waals surface area (Å²) in [5, 5.41) is 6.49. The number of ether oxygens (including phenoxy) is 2. The average Bonchev–Trinajstić information content (AvgIpc) is 3.95. The number of aromatic nitrogens is 6. The third kappa shape index (κ3) is 17.6. The first-order valence-corrected chi connectivity index (χ1v) is 19.1. The van der Waals surface area contributed by atoms with Gasteiger partial charge < -0.3 is 39.7 Å². The van der Waals surface area contributed by atoms with E-state index in [9.17, 15) is 9.59 Å². The molecule has 0 unspecified atom stereocenters. The fraction of sp³-hybridized carbons (Fsp3) is 0.622. The van der Waals surface area contributed by atoms with Crippen LogP contribution in [0.25, 0.3) is 0 Å². The third-order valence-electron chi connectivity index (χ3n) is 8.46. The van der Waals surface area contributed by atoms with Gasteiger partial charge in [0.2, 0.25) is 11.9 Å². The normalized spacial score (nSPS) is 18.9. The van der Waals surface area contributed by atoms with Gasteiger partial charge in [-0.05, 0) is 109 Å². The number of anilines is 2. The lowest BCUT2D eigenvalue weighted by Crippen LogP contribution is -2.39. The maximum Gasteiger partial charge on any atom is 0.410 e. The molecule has 0 spiro atoms. The molecule has 6 heterocycles. The maximum absolute atomic E-state index is 12.0. The molecule has 0 saturated carbocycles. The minimum atomic E-state index is -0.455. The minimum Gasteiger partial charge on any atom is -0.444 e. The zero-order valence-electron chi connectivity index (χ0n) is 33.7. The first-order chi connectivity index (χ1) is 25.6. The van der Waals surface area contributed by atoms with Crippen LogP contribution in [0.4, 0.5) is 21.5 Å². The monoisotopic (exact) mass is 850 g/mol. The number of likely N-dealkylation sites (N-methyl/N-ethyl adjacent to an activating group) is 3. The second-order valence-corrected chi connectivity index (χ2v) is 15.8. The molecule has 2 N–H and O–H groups in total. The Kier molecular flexibility index (Phi) is 19.9. The van der Waals surface area contributed by atoms with E-state index >= 15 is 0 Å². The molecule has 3 aliphatic heterocycles. The van der Waals surface area contributed by atoms with Gasteiger partial charge in [-0.15, -0.1) is 12.4 Å². The van der Waals surface area contributed by atoms with Gasteiger partial charge in [0.15, 0.2) is 4.73 Å². The molecule has 306 valence electrons. The van der Waals surface area contributed by atoms with Crippen LogP contribution in [0, 0.1) is 0 Å². The molecular formula is C37H60BrClN12O4. The van der Waals surface area contributed by atoms with Crippen LogP contribution in [0.15, 0.2) is 60.1 Å². The largest absolute Gasteiger partial charge is 0.444 e. The van der Waals surface area contributed by atoms with E-state index in [0.717, 1.165) is 45.0 Å². The van der Waals surface area contributed by atoms with Gasteiger partial charge in [0.1, 0.15) is 11.2 Å². The van der Waals surface area contributed by atoms with Crippen LogP contribution < -0.4 is 20.4 Å². The summed E-state index contributed by atoms with van der Waals surface area (Å²) in [6, 6.07) is 6.59. The summed E-state index contributed by atoms with van der Waals surface area (Å²) in [5.74, 6) is 1.50. The number of rotatable bonds is 5. The molecular weight excluding hydrogens is 792 g/mol. The molecule has 0 aromatic carbocycles. The number of carbonyl (C=O) groups is 2. The Morgan fingerprint density at radius 1 is 0.727 bits per heavy atom. The van der Waals surface area contributed by atoms with E-state index in [0.29, 0.717) is 35.9 Å². The number of halogens is 2. The van der Waals surface area contributed by atoms with Crippen LogP contribution in [0.5, 0.6) is 0 Å². The second-order valence-electron chi connectivity index (χ2n) is 15.1. The maximum atomic E-state index is 12.0. The van der Waals surface area contributed by atoms with E-state index in [4.69, 9.17) is 9.47 Å². The standard InChI is InChI=1S/C14H22N4O2.C10H20N2O2.C9H14N4.C4H3BrN2.ClH/c1-14(2,3)20-13(19)18-9-6-11(10-18)17(4)12-15-7-5-8-16-12;1-10(2,3)14-9(13)12-6-5-8(7-12)11-4;1-13(8-3-6-10-7-8)9-11-4-2-5-12-9;5-4-6-2-1-3-7-4;/h5,7-8,11H,6,9-10H2,1-4H3;8,11H,5-7H2,1-4H3;2,4-5,8,10H,3,6-7H2,1H3;1-3H;1H/t11-;2*8-;;/m000../s1. The van der Waals surface area contributed by atoms with Gasteiger partial charge in [-0.1, -0.05) is 0 Å². The van der Waals surface area contributed by atoms with Crippen LogP contribution in [-0.2, 0) is 9.47 Å². The molecule has 0 aliphatic carbocycles. The highest BCUT2D eigenvalue weighted by Crippen LogP contribution is 2.21. The van der Waals surface area contributed by atoms with Gasteiger partial charge in [-0.25, -0.2) is 39.5 Å². The number of nitrogens with zero attached hydrogens (tertiary/aromatic N) is 10. The second kappa shape index (κ2) is 23.2. The molecule has 2 amide bonds. The number of nitrogens with one attached hydrogen (secondary N) is 2. The minimum absolute atomic E-state index is 0. The SMILES string of the molecule is Brc1ncccn1.CN(c1ncccn1)[C@H]1CCN(C(=O)OC(C)(C)C)C1.CN(c1ncccn1)[C@H]1CCNC1.CN[C@H]1CCN(C(=O)OC(C)(C)C)C1.Cl.